The third-order valence-corrected chi connectivity index (χ3v) is 3.27. The van der Waals surface area contributed by atoms with Crippen LogP contribution in [0.15, 0.2) is 39.6 Å². The summed E-state index contributed by atoms with van der Waals surface area (Å²) < 4.78 is 10.1. The fourth-order valence-corrected chi connectivity index (χ4v) is 2.06. The first-order valence-electron chi connectivity index (χ1n) is 6.41. The molecule has 0 radical (unpaired) electrons. The first-order chi connectivity index (χ1) is 10.6. The zero-order valence-electron chi connectivity index (χ0n) is 11.5. The average Bonchev–Trinajstić information content (AvgIpc) is 3.14. The van der Waals surface area contributed by atoms with Crippen molar-refractivity contribution in [2.45, 2.75) is 13.5 Å². The molecule has 2 heterocycles. The van der Waals surface area contributed by atoms with E-state index in [1.165, 1.54) is 6.39 Å². The highest BCUT2D eigenvalue weighted by molar-refractivity contribution is 6.33. The van der Waals surface area contributed by atoms with Crippen LogP contribution in [0.4, 0.5) is 0 Å². The van der Waals surface area contributed by atoms with Gasteiger partial charge in [0, 0.05) is 5.56 Å². The highest BCUT2D eigenvalue weighted by Crippen LogP contribution is 2.24. The minimum atomic E-state index is -0.372. The van der Waals surface area contributed by atoms with E-state index in [1.807, 2.05) is 12.1 Å². The first-order valence-corrected chi connectivity index (χ1v) is 6.78. The number of halogens is 1. The molecule has 0 unspecified atom stereocenters. The predicted molar refractivity (Wildman–Crippen MR) is 77.2 cm³/mol. The molecule has 0 aliphatic rings. The fourth-order valence-electron chi connectivity index (χ4n) is 1.84. The van der Waals surface area contributed by atoms with Gasteiger partial charge >= 0.3 is 0 Å². The number of aryl methyl sites for hydroxylation is 1. The lowest BCUT2D eigenvalue weighted by atomic mass is 10.2. The van der Waals surface area contributed by atoms with Gasteiger partial charge in [0.05, 0.1) is 11.6 Å². The van der Waals surface area contributed by atoms with Gasteiger partial charge in [-0.1, -0.05) is 28.9 Å². The minimum absolute atomic E-state index is 0.0859. The Bertz CT molecular complexity index is 812. The van der Waals surface area contributed by atoms with Crippen molar-refractivity contribution in [2.24, 2.45) is 0 Å². The molecule has 0 aliphatic heterocycles. The van der Waals surface area contributed by atoms with Gasteiger partial charge in [-0.15, -0.1) is 0 Å². The predicted octanol–water partition coefficient (Wildman–Crippen LogP) is 2.62. The number of carbonyl (C=O) groups is 1. The standard InChI is InChI=1S/C14H11ClN4O3/c1-8-12(17-7-21-8)14(20)16-6-11-18-13(19-22-11)9-4-2-3-5-10(9)15/h2-5,7H,6H2,1H3,(H,16,20). The van der Waals surface area contributed by atoms with E-state index >= 15 is 0 Å². The summed E-state index contributed by atoms with van der Waals surface area (Å²) in [5, 5.41) is 7.01. The van der Waals surface area contributed by atoms with Crippen LogP contribution >= 0.6 is 11.6 Å². The van der Waals surface area contributed by atoms with Crippen LogP contribution in [0, 0.1) is 6.92 Å². The van der Waals surface area contributed by atoms with Crippen LogP contribution in [0.1, 0.15) is 22.1 Å². The molecule has 112 valence electrons. The Morgan fingerprint density at radius 1 is 1.36 bits per heavy atom. The number of benzene rings is 1. The molecule has 1 N–H and O–H groups in total. The van der Waals surface area contributed by atoms with Crippen LogP contribution in [-0.2, 0) is 6.54 Å². The molecule has 3 aromatic rings. The van der Waals surface area contributed by atoms with Gasteiger partial charge in [0.15, 0.2) is 12.1 Å². The molecular formula is C14H11ClN4O3. The maximum Gasteiger partial charge on any atom is 0.273 e. The van der Waals surface area contributed by atoms with E-state index in [0.717, 1.165) is 0 Å². The third-order valence-electron chi connectivity index (χ3n) is 2.94. The highest BCUT2D eigenvalue weighted by atomic mass is 35.5. The maximum absolute atomic E-state index is 11.9. The Hall–Kier alpha value is -2.67. The van der Waals surface area contributed by atoms with Crippen molar-refractivity contribution in [3.05, 3.63) is 53.0 Å². The lowest BCUT2D eigenvalue weighted by Crippen LogP contribution is -2.23. The van der Waals surface area contributed by atoms with Crippen LogP contribution in [0.25, 0.3) is 11.4 Å². The molecule has 3 rings (SSSR count). The molecule has 7 nitrogen and oxygen atoms in total. The number of hydrogen-bond acceptors (Lipinski definition) is 6. The number of carbonyl (C=O) groups excluding carboxylic acids is 1. The van der Waals surface area contributed by atoms with E-state index in [9.17, 15) is 4.79 Å². The average molecular weight is 319 g/mol. The zero-order valence-corrected chi connectivity index (χ0v) is 12.3. The molecule has 0 bridgehead atoms. The Kier molecular flexibility index (Phi) is 3.88. The summed E-state index contributed by atoms with van der Waals surface area (Å²) in [6.45, 7) is 1.74. The molecule has 2 aromatic heterocycles. The van der Waals surface area contributed by atoms with Crippen molar-refractivity contribution in [3.8, 4) is 11.4 Å². The summed E-state index contributed by atoms with van der Waals surface area (Å²) in [6.07, 6.45) is 1.21. The lowest BCUT2D eigenvalue weighted by Gasteiger charge is -1.99. The van der Waals surface area contributed by atoms with E-state index in [4.69, 9.17) is 20.5 Å². The number of rotatable bonds is 4. The molecule has 1 amide bonds. The van der Waals surface area contributed by atoms with Gasteiger partial charge in [-0.3, -0.25) is 4.79 Å². The first kappa shape index (κ1) is 14.3. The molecule has 22 heavy (non-hydrogen) atoms. The number of aromatic nitrogens is 3. The molecule has 0 saturated carbocycles. The van der Waals surface area contributed by atoms with Crippen LogP contribution < -0.4 is 5.32 Å². The van der Waals surface area contributed by atoms with Gasteiger partial charge < -0.3 is 14.3 Å². The maximum atomic E-state index is 11.9. The zero-order chi connectivity index (χ0) is 15.5. The summed E-state index contributed by atoms with van der Waals surface area (Å²) >= 11 is 6.07. The van der Waals surface area contributed by atoms with E-state index in [0.29, 0.717) is 22.2 Å². The number of hydrogen-bond donors (Lipinski definition) is 1. The summed E-state index contributed by atoms with van der Waals surface area (Å²) in [4.78, 5) is 19.9. The second-order valence-corrected chi connectivity index (χ2v) is 4.84. The summed E-state index contributed by atoms with van der Waals surface area (Å²) in [5.74, 6) is 0.709. The van der Waals surface area contributed by atoms with E-state index in [-0.39, 0.29) is 24.0 Å². The summed E-state index contributed by atoms with van der Waals surface area (Å²) in [5.41, 5.74) is 0.892. The molecular weight excluding hydrogens is 308 g/mol. The molecule has 0 fully saturated rings. The summed E-state index contributed by atoms with van der Waals surface area (Å²) in [6, 6.07) is 7.16. The second kappa shape index (κ2) is 5.98. The van der Waals surface area contributed by atoms with Crippen LogP contribution in [0.5, 0.6) is 0 Å². The van der Waals surface area contributed by atoms with Gasteiger partial charge in [0.25, 0.3) is 5.91 Å². The van der Waals surface area contributed by atoms with E-state index < -0.39 is 0 Å². The largest absolute Gasteiger partial charge is 0.448 e. The smallest absolute Gasteiger partial charge is 0.273 e. The van der Waals surface area contributed by atoms with Gasteiger partial charge in [-0.05, 0) is 19.1 Å². The normalized spacial score (nSPS) is 10.6. The fraction of sp³-hybridized carbons (Fsp3) is 0.143. The van der Waals surface area contributed by atoms with Crippen molar-refractivity contribution in [1.29, 1.82) is 0 Å². The molecule has 0 spiro atoms. The SMILES string of the molecule is Cc1ocnc1C(=O)NCc1nc(-c2ccccc2Cl)no1. The number of nitrogens with one attached hydrogen (secondary N) is 1. The molecule has 0 aliphatic carbocycles. The number of oxazole rings is 1. The van der Waals surface area contributed by atoms with Crippen LogP contribution in [-0.4, -0.2) is 21.0 Å². The van der Waals surface area contributed by atoms with Gasteiger partial charge in [0.2, 0.25) is 11.7 Å². The van der Waals surface area contributed by atoms with Crippen LogP contribution in [0.3, 0.4) is 0 Å². The Morgan fingerprint density at radius 3 is 2.91 bits per heavy atom. The number of amides is 1. The topological polar surface area (TPSA) is 94.1 Å². The summed E-state index contributed by atoms with van der Waals surface area (Å²) in [7, 11) is 0. The van der Waals surface area contributed by atoms with E-state index in [1.54, 1.807) is 19.1 Å². The third kappa shape index (κ3) is 2.84. The molecule has 0 atom stereocenters. The Labute approximate surface area is 130 Å². The molecule has 1 aromatic carbocycles. The molecule has 8 heteroatoms. The number of nitrogens with zero attached hydrogens (tertiary/aromatic N) is 3. The van der Waals surface area contributed by atoms with Crippen LogP contribution in [0.2, 0.25) is 5.02 Å². The second-order valence-electron chi connectivity index (χ2n) is 4.43. The van der Waals surface area contributed by atoms with Gasteiger partial charge in [-0.25, -0.2) is 4.98 Å². The van der Waals surface area contributed by atoms with Crippen molar-refractivity contribution < 1.29 is 13.7 Å². The van der Waals surface area contributed by atoms with E-state index in [2.05, 4.69) is 20.4 Å². The quantitative estimate of drug-likeness (QED) is 0.794. The highest BCUT2D eigenvalue weighted by Gasteiger charge is 2.15. The van der Waals surface area contributed by atoms with Crippen molar-refractivity contribution in [3.63, 3.8) is 0 Å². The molecule has 0 saturated heterocycles. The van der Waals surface area contributed by atoms with Gasteiger partial charge in [0.1, 0.15) is 5.76 Å². The van der Waals surface area contributed by atoms with Crippen molar-refractivity contribution >= 4 is 17.5 Å². The Balaban J connectivity index is 1.69. The van der Waals surface area contributed by atoms with Crippen molar-refractivity contribution in [1.82, 2.24) is 20.4 Å². The van der Waals surface area contributed by atoms with Crippen molar-refractivity contribution in [2.75, 3.05) is 0 Å². The lowest BCUT2D eigenvalue weighted by molar-refractivity contribution is 0.0940. The minimum Gasteiger partial charge on any atom is -0.448 e. The van der Waals surface area contributed by atoms with Gasteiger partial charge in [-0.2, -0.15) is 4.98 Å². The monoisotopic (exact) mass is 318 g/mol. The Morgan fingerprint density at radius 2 is 2.18 bits per heavy atom.